The molecule has 266 valence electrons. The van der Waals surface area contributed by atoms with E-state index in [1.54, 1.807) is 11.6 Å². The van der Waals surface area contributed by atoms with Crippen molar-refractivity contribution in [3.8, 4) is 22.3 Å². The minimum atomic E-state index is -0.801. The van der Waals surface area contributed by atoms with Crippen molar-refractivity contribution >= 4 is 17.1 Å². The Morgan fingerprint density at radius 2 is 1.22 bits per heavy atom. The van der Waals surface area contributed by atoms with Crippen molar-refractivity contribution in [3.63, 3.8) is 0 Å². The van der Waals surface area contributed by atoms with Crippen molar-refractivity contribution in [1.29, 1.82) is 0 Å². The first kappa shape index (κ1) is 34.8. The average Bonchev–Trinajstić information content (AvgIpc) is 3.56. The van der Waals surface area contributed by atoms with Crippen molar-refractivity contribution in [1.82, 2.24) is 5.32 Å². The molecule has 1 atom stereocenters. The summed E-state index contributed by atoms with van der Waals surface area (Å²) in [4.78, 5) is 4.56. The number of nitrogens with zero attached hydrogens (tertiary/aromatic N) is 1. The van der Waals surface area contributed by atoms with Crippen LogP contribution in [0.15, 0.2) is 162 Å². The lowest BCUT2D eigenvalue weighted by Gasteiger charge is -2.24. The summed E-state index contributed by atoms with van der Waals surface area (Å²) in [6, 6.07) is 38.6. The number of rotatable bonds is 5. The SMILES string of the molecule is C1=CC2=C(CC1)Cc1ccccc12.Cc1cc(-c2ccccc2)cc(-c2cccc(C3=CC(c4cc(F)cc(F)c4)N=C(c4cc(F)cc(F)c4)N3)c2)c1. The van der Waals surface area contributed by atoms with Crippen LogP contribution in [0.4, 0.5) is 17.6 Å². The second-order valence-electron chi connectivity index (χ2n) is 13.8. The molecule has 0 saturated carbocycles. The van der Waals surface area contributed by atoms with Gasteiger partial charge >= 0.3 is 0 Å². The Hall–Kier alpha value is -6.27. The fourth-order valence-electron chi connectivity index (χ4n) is 7.41. The summed E-state index contributed by atoms with van der Waals surface area (Å²) in [6.45, 7) is 2.05. The summed E-state index contributed by atoms with van der Waals surface area (Å²) in [5.74, 6) is -2.81. The van der Waals surface area contributed by atoms with Gasteiger partial charge in [0.15, 0.2) is 0 Å². The summed E-state index contributed by atoms with van der Waals surface area (Å²) in [5.41, 5.74) is 13.2. The summed E-state index contributed by atoms with van der Waals surface area (Å²) < 4.78 is 56.5. The Morgan fingerprint density at radius 3 is 1.98 bits per heavy atom. The minimum absolute atomic E-state index is 0.178. The summed E-state index contributed by atoms with van der Waals surface area (Å²) in [6.07, 6.45) is 10.0. The highest BCUT2D eigenvalue weighted by atomic mass is 19.1. The van der Waals surface area contributed by atoms with Gasteiger partial charge in [0.25, 0.3) is 0 Å². The summed E-state index contributed by atoms with van der Waals surface area (Å²) in [5, 5.41) is 3.19. The topological polar surface area (TPSA) is 24.4 Å². The van der Waals surface area contributed by atoms with Gasteiger partial charge in [0.2, 0.25) is 0 Å². The Kier molecular flexibility index (Phi) is 9.66. The zero-order valence-electron chi connectivity index (χ0n) is 29.6. The Bertz CT molecular complexity index is 2470. The van der Waals surface area contributed by atoms with E-state index in [4.69, 9.17) is 0 Å². The van der Waals surface area contributed by atoms with Crippen LogP contribution < -0.4 is 5.32 Å². The highest BCUT2D eigenvalue weighted by Gasteiger charge is 2.22. The van der Waals surface area contributed by atoms with Gasteiger partial charge in [-0.15, -0.1) is 0 Å². The standard InChI is InChI=1S/C35H24F4N2.C13H12/c1-21-10-25(22-6-3-2-4-7-22)13-26(11-21)23-8-5-9-24(12-23)33-20-34(27-14-29(36)18-30(37)15-27)41-35(40-33)28-16-31(38)19-32(39)17-28;1-3-7-12-10(5-1)9-11-6-2-4-8-13(11)12/h2-20,34H,1H3,(H,40,41);1,3-5,7-8H,2,6,9H2. The molecule has 0 radical (unpaired) electrons. The zero-order valence-corrected chi connectivity index (χ0v) is 29.6. The molecule has 0 aromatic heterocycles. The number of benzene rings is 6. The predicted octanol–water partition coefficient (Wildman–Crippen LogP) is 12.4. The van der Waals surface area contributed by atoms with Gasteiger partial charge in [-0.3, -0.25) is 4.99 Å². The normalized spacial score (nSPS) is 15.7. The summed E-state index contributed by atoms with van der Waals surface area (Å²) in [7, 11) is 0. The van der Waals surface area contributed by atoms with E-state index in [9.17, 15) is 17.6 Å². The molecular formula is C48H36F4N2. The molecular weight excluding hydrogens is 681 g/mol. The van der Waals surface area contributed by atoms with E-state index in [1.807, 2.05) is 42.5 Å². The molecule has 1 N–H and O–H groups in total. The molecule has 0 fully saturated rings. The number of amidine groups is 1. The van der Waals surface area contributed by atoms with E-state index >= 15 is 0 Å². The van der Waals surface area contributed by atoms with E-state index in [0.717, 1.165) is 57.6 Å². The fraction of sp³-hybridized carbons (Fsp3) is 0.104. The smallest absolute Gasteiger partial charge is 0.133 e. The molecule has 3 aliphatic rings. The van der Waals surface area contributed by atoms with Gasteiger partial charge in [0, 0.05) is 23.4 Å². The molecule has 1 unspecified atom stereocenters. The molecule has 0 saturated heterocycles. The molecule has 1 aliphatic heterocycles. The third kappa shape index (κ3) is 7.60. The highest BCUT2D eigenvalue weighted by molar-refractivity contribution is 6.05. The van der Waals surface area contributed by atoms with Gasteiger partial charge in [-0.1, -0.05) is 103 Å². The first-order valence-corrected chi connectivity index (χ1v) is 18.0. The molecule has 6 aromatic rings. The number of halogens is 4. The molecule has 0 amide bonds. The molecule has 0 bridgehead atoms. The van der Waals surface area contributed by atoms with Crippen molar-refractivity contribution < 1.29 is 17.6 Å². The van der Waals surface area contributed by atoms with Crippen LogP contribution in [0, 0.1) is 30.2 Å². The lowest BCUT2D eigenvalue weighted by atomic mass is 9.94. The van der Waals surface area contributed by atoms with E-state index in [1.165, 1.54) is 48.1 Å². The largest absolute Gasteiger partial charge is 0.340 e. The third-order valence-electron chi connectivity index (χ3n) is 9.89. The van der Waals surface area contributed by atoms with Crippen LogP contribution >= 0.6 is 0 Å². The Balaban J connectivity index is 0.000000265. The fourth-order valence-corrected chi connectivity index (χ4v) is 7.41. The number of aliphatic imine (C=N–C) groups is 1. The van der Waals surface area contributed by atoms with Crippen molar-refractivity contribution in [3.05, 3.63) is 214 Å². The van der Waals surface area contributed by atoms with Crippen LogP contribution in [-0.4, -0.2) is 5.84 Å². The highest BCUT2D eigenvalue weighted by Crippen LogP contribution is 2.38. The Morgan fingerprint density at radius 1 is 0.593 bits per heavy atom. The first-order valence-electron chi connectivity index (χ1n) is 18.0. The Labute approximate surface area is 312 Å². The number of aryl methyl sites for hydroxylation is 1. The van der Waals surface area contributed by atoms with Gasteiger partial charge in [0.1, 0.15) is 29.1 Å². The number of fused-ring (bicyclic) bond motifs is 2. The van der Waals surface area contributed by atoms with Crippen LogP contribution in [0.5, 0.6) is 0 Å². The molecule has 9 rings (SSSR count). The van der Waals surface area contributed by atoms with Crippen molar-refractivity contribution in [2.45, 2.75) is 32.2 Å². The molecule has 6 aromatic carbocycles. The van der Waals surface area contributed by atoms with Crippen LogP contribution in [0.1, 0.15) is 52.3 Å². The van der Waals surface area contributed by atoms with Crippen LogP contribution in [0.25, 0.3) is 33.5 Å². The van der Waals surface area contributed by atoms with Gasteiger partial charge in [-0.25, -0.2) is 17.6 Å². The number of hydrogen-bond donors (Lipinski definition) is 1. The minimum Gasteiger partial charge on any atom is -0.340 e. The second-order valence-corrected chi connectivity index (χ2v) is 13.8. The molecule has 1 heterocycles. The van der Waals surface area contributed by atoms with Crippen molar-refractivity contribution in [2.24, 2.45) is 4.99 Å². The first-order chi connectivity index (χ1) is 26.3. The van der Waals surface area contributed by atoms with Gasteiger partial charge in [0.05, 0.1) is 6.04 Å². The molecule has 6 heteroatoms. The maximum atomic E-state index is 14.1. The van der Waals surface area contributed by atoms with Gasteiger partial charge in [-0.2, -0.15) is 0 Å². The molecule has 2 nitrogen and oxygen atoms in total. The van der Waals surface area contributed by atoms with E-state index in [2.05, 4.69) is 84.0 Å². The molecule has 0 spiro atoms. The predicted molar refractivity (Wildman–Crippen MR) is 211 cm³/mol. The lowest BCUT2D eigenvalue weighted by molar-refractivity contribution is 0.578. The van der Waals surface area contributed by atoms with Gasteiger partial charge in [-0.05, 0) is 124 Å². The van der Waals surface area contributed by atoms with E-state index in [-0.39, 0.29) is 17.0 Å². The monoisotopic (exact) mass is 716 g/mol. The van der Waals surface area contributed by atoms with E-state index < -0.39 is 29.3 Å². The molecule has 2 aliphatic carbocycles. The second kappa shape index (κ2) is 15.0. The van der Waals surface area contributed by atoms with Crippen LogP contribution in [0.2, 0.25) is 0 Å². The van der Waals surface area contributed by atoms with Crippen molar-refractivity contribution in [2.75, 3.05) is 0 Å². The van der Waals surface area contributed by atoms with Crippen LogP contribution in [0.3, 0.4) is 0 Å². The average molecular weight is 717 g/mol. The van der Waals surface area contributed by atoms with Crippen LogP contribution in [-0.2, 0) is 6.42 Å². The maximum Gasteiger partial charge on any atom is 0.133 e. The number of nitrogens with one attached hydrogen (secondary N) is 1. The molecule has 54 heavy (non-hydrogen) atoms. The number of hydrogen-bond acceptors (Lipinski definition) is 2. The van der Waals surface area contributed by atoms with Gasteiger partial charge < -0.3 is 5.32 Å². The number of allylic oxidation sites excluding steroid dienone is 4. The quantitative estimate of drug-likeness (QED) is 0.177. The third-order valence-corrected chi connectivity index (χ3v) is 9.89. The zero-order chi connectivity index (χ0) is 37.2. The summed E-state index contributed by atoms with van der Waals surface area (Å²) >= 11 is 0. The maximum absolute atomic E-state index is 14.1. The lowest BCUT2D eigenvalue weighted by Crippen LogP contribution is -2.28. The van der Waals surface area contributed by atoms with E-state index in [0.29, 0.717) is 5.70 Å².